The van der Waals surface area contributed by atoms with Crippen molar-refractivity contribution in [2.45, 2.75) is 57.1 Å². The highest BCUT2D eigenvalue weighted by atomic mass is 16.8. The van der Waals surface area contributed by atoms with Crippen LogP contribution >= 0.6 is 0 Å². The summed E-state index contributed by atoms with van der Waals surface area (Å²) in [5.41, 5.74) is 0. The van der Waals surface area contributed by atoms with Gasteiger partial charge in [0.25, 0.3) is 0 Å². The Balaban J connectivity index is 1.83. The Hall–Kier alpha value is -0.200. The van der Waals surface area contributed by atoms with Crippen molar-refractivity contribution in [1.29, 1.82) is 0 Å². The van der Waals surface area contributed by atoms with Gasteiger partial charge < -0.3 is 24.4 Å². The van der Waals surface area contributed by atoms with E-state index in [1.54, 1.807) is 0 Å². The van der Waals surface area contributed by atoms with E-state index in [9.17, 15) is 5.11 Å². The average molecular weight is 218 g/mol. The van der Waals surface area contributed by atoms with Crippen molar-refractivity contribution in [3.05, 3.63) is 0 Å². The molecule has 0 aromatic rings. The maximum Gasteiger partial charge on any atom is 0.187 e. The van der Waals surface area contributed by atoms with Crippen molar-refractivity contribution < 1.29 is 24.4 Å². The maximum absolute atomic E-state index is 9.27. The fourth-order valence-electron chi connectivity index (χ4n) is 2.11. The SMILES string of the molecule is CC1(C)O[C@H]2OC(C[C@H](O)CO)C[C@H]2O1. The van der Waals surface area contributed by atoms with Gasteiger partial charge in [0.1, 0.15) is 6.10 Å². The number of hydrogen-bond acceptors (Lipinski definition) is 5. The number of ether oxygens (including phenoxy) is 3. The molecule has 2 heterocycles. The fraction of sp³-hybridized carbons (Fsp3) is 1.00. The Morgan fingerprint density at radius 1 is 1.40 bits per heavy atom. The molecule has 2 rings (SSSR count). The number of hydrogen-bond donors (Lipinski definition) is 2. The highest BCUT2D eigenvalue weighted by molar-refractivity contribution is 4.86. The highest BCUT2D eigenvalue weighted by Crippen LogP contribution is 2.38. The van der Waals surface area contributed by atoms with E-state index in [-0.39, 0.29) is 25.1 Å². The summed E-state index contributed by atoms with van der Waals surface area (Å²) in [6.45, 7) is 3.47. The minimum atomic E-state index is -0.721. The van der Waals surface area contributed by atoms with Crippen LogP contribution in [0.15, 0.2) is 0 Å². The van der Waals surface area contributed by atoms with E-state index in [2.05, 4.69) is 0 Å². The summed E-state index contributed by atoms with van der Waals surface area (Å²) >= 11 is 0. The number of aliphatic hydroxyl groups is 2. The Kier molecular flexibility index (Phi) is 3.00. The second-order valence-electron chi connectivity index (χ2n) is 4.61. The molecule has 2 aliphatic heterocycles. The van der Waals surface area contributed by atoms with Crippen LogP contribution in [0.2, 0.25) is 0 Å². The van der Waals surface area contributed by atoms with Gasteiger partial charge in [-0.1, -0.05) is 0 Å². The van der Waals surface area contributed by atoms with Crippen LogP contribution in [0.1, 0.15) is 26.7 Å². The zero-order chi connectivity index (χ0) is 11.1. The van der Waals surface area contributed by atoms with E-state index in [1.165, 1.54) is 0 Å². The quantitative estimate of drug-likeness (QED) is 0.697. The molecular weight excluding hydrogens is 200 g/mol. The molecule has 0 aromatic heterocycles. The topological polar surface area (TPSA) is 68.2 Å². The number of aliphatic hydroxyl groups excluding tert-OH is 2. The summed E-state index contributed by atoms with van der Waals surface area (Å²) in [4.78, 5) is 0. The predicted molar refractivity (Wildman–Crippen MR) is 51.0 cm³/mol. The molecule has 5 heteroatoms. The molecule has 15 heavy (non-hydrogen) atoms. The van der Waals surface area contributed by atoms with E-state index in [0.29, 0.717) is 12.8 Å². The van der Waals surface area contributed by atoms with Crippen LogP contribution < -0.4 is 0 Å². The average Bonchev–Trinajstić information content (AvgIpc) is 2.57. The molecule has 0 radical (unpaired) electrons. The zero-order valence-electron chi connectivity index (χ0n) is 9.05. The van der Waals surface area contributed by atoms with Crippen molar-refractivity contribution in [2.24, 2.45) is 0 Å². The Bertz CT molecular complexity index is 214. The molecule has 2 N–H and O–H groups in total. The van der Waals surface area contributed by atoms with Crippen LogP contribution in [0.3, 0.4) is 0 Å². The van der Waals surface area contributed by atoms with Crippen LogP contribution in [0.25, 0.3) is 0 Å². The van der Waals surface area contributed by atoms with E-state index in [4.69, 9.17) is 19.3 Å². The lowest BCUT2D eigenvalue weighted by Gasteiger charge is -2.21. The molecule has 0 spiro atoms. The van der Waals surface area contributed by atoms with Gasteiger partial charge in [-0.25, -0.2) is 0 Å². The first-order chi connectivity index (χ1) is 7.00. The first-order valence-corrected chi connectivity index (χ1v) is 5.30. The van der Waals surface area contributed by atoms with Crippen LogP contribution in [0.4, 0.5) is 0 Å². The summed E-state index contributed by atoms with van der Waals surface area (Å²) in [6, 6.07) is 0. The second-order valence-corrected chi connectivity index (χ2v) is 4.61. The van der Waals surface area contributed by atoms with Gasteiger partial charge in [0.2, 0.25) is 0 Å². The summed E-state index contributed by atoms with van der Waals surface area (Å²) in [6.07, 6.45) is -0.0335. The van der Waals surface area contributed by atoms with E-state index >= 15 is 0 Å². The Labute approximate surface area is 88.9 Å². The van der Waals surface area contributed by atoms with Crippen LogP contribution in [-0.4, -0.2) is 47.2 Å². The Morgan fingerprint density at radius 3 is 2.73 bits per heavy atom. The van der Waals surface area contributed by atoms with Crippen LogP contribution in [0, 0.1) is 0 Å². The molecule has 5 nitrogen and oxygen atoms in total. The normalized spacial score (nSPS) is 40.4. The minimum Gasteiger partial charge on any atom is -0.394 e. The maximum atomic E-state index is 9.27. The molecule has 0 aromatic carbocycles. The van der Waals surface area contributed by atoms with Gasteiger partial charge in [-0.15, -0.1) is 0 Å². The first-order valence-electron chi connectivity index (χ1n) is 5.30. The molecule has 2 aliphatic rings. The third kappa shape index (κ3) is 2.49. The third-order valence-electron chi connectivity index (χ3n) is 2.71. The Morgan fingerprint density at radius 2 is 2.13 bits per heavy atom. The molecule has 0 amide bonds. The summed E-state index contributed by atoms with van der Waals surface area (Å²) in [5, 5.41) is 18.0. The summed E-state index contributed by atoms with van der Waals surface area (Å²) < 4.78 is 16.7. The van der Waals surface area contributed by atoms with Gasteiger partial charge in [-0.05, 0) is 13.8 Å². The molecule has 4 atom stereocenters. The van der Waals surface area contributed by atoms with Crippen molar-refractivity contribution >= 4 is 0 Å². The zero-order valence-corrected chi connectivity index (χ0v) is 9.05. The largest absolute Gasteiger partial charge is 0.394 e. The van der Waals surface area contributed by atoms with Crippen molar-refractivity contribution in [3.8, 4) is 0 Å². The molecule has 2 fully saturated rings. The van der Waals surface area contributed by atoms with E-state index in [0.717, 1.165) is 0 Å². The van der Waals surface area contributed by atoms with Gasteiger partial charge in [-0.2, -0.15) is 0 Å². The van der Waals surface area contributed by atoms with Gasteiger partial charge in [0, 0.05) is 12.8 Å². The molecule has 0 bridgehead atoms. The molecule has 1 unspecified atom stereocenters. The van der Waals surface area contributed by atoms with Gasteiger partial charge in [0.05, 0.1) is 18.8 Å². The standard InChI is InChI=1S/C10H18O5/c1-10(2)14-8-4-7(3-6(12)5-11)13-9(8)15-10/h6-9,11-12H,3-5H2,1-2H3/t6-,7?,8+,9+/m0/s1. The monoisotopic (exact) mass is 218 g/mol. The minimum absolute atomic E-state index is 0.0455. The molecule has 0 aliphatic carbocycles. The number of rotatable bonds is 3. The van der Waals surface area contributed by atoms with Gasteiger partial charge >= 0.3 is 0 Å². The summed E-state index contributed by atoms with van der Waals surface area (Å²) in [5.74, 6) is -0.574. The fourth-order valence-corrected chi connectivity index (χ4v) is 2.11. The third-order valence-corrected chi connectivity index (χ3v) is 2.71. The molecule has 0 saturated carbocycles. The van der Waals surface area contributed by atoms with Crippen molar-refractivity contribution in [1.82, 2.24) is 0 Å². The second kappa shape index (κ2) is 3.99. The van der Waals surface area contributed by atoms with E-state index in [1.807, 2.05) is 13.8 Å². The first kappa shape index (κ1) is 11.3. The van der Waals surface area contributed by atoms with Gasteiger partial charge in [0.15, 0.2) is 12.1 Å². The van der Waals surface area contributed by atoms with Crippen molar-refractivity contribution in [2.75, 3.05) is 6.61 Å². The molecule has 2 saturated heterocycles. The predicted octanol–water partition coefficient (Wildman–Crippen LogP) is -0.00380. The van der Waals surface area contributed by atoms with Crippen molar-refractivity contribution in [3.63, 3.8) is 0 Å². The smallest absolute Gasteiger partial charge is 0.187 e. The van der Waals surface area contributed by atoms with E-state index < -0.39 is 11.9 Å². The van der Waals surface area contributed by atoms with Gasteiger partial charge in [-0.3, -0.25) is 0 Å². The highest BCUT2D eigenvalue weighted by Gasteiger charge is 2.48. The molecular formula is C10H18O5. The lowest BCUT2D eigenvalue weighted by atomic mass is 10.1. The lowest BCUT2D eigenvalue weighted by Crippen LogP contribution is -2.27. The lowest BCUT2D eigenvalue weighted by molar-refractivity contribution is -0.207. The van der Waals surface area contributed by atoms with Crippen LogP contribution in [0.5, 0.6) is 0 Å². The van der Waals surface area contributed by atoms with Crippen LogP contribution in [-0.2, 0) is 14.2 Å². The number of fused-ring (bicyclic) bond motifs is 1. The molecule has 88 valence electrons. The summed E-state index contributed by atoms with van der Waals surface area (Å²) in [7, 11) is 0.